The highest BCUT2D eigenvalue weighted by Gasteiger charge is 2.05. The van der Waals surface area contributed by atoms with Gasteiger partial charge in [-0.1, -0.05) is 0 Å². The second kappa shape index (κ2) is 3.65. The molecule has 0 fully saturated rings. The van der Waals surface area contributed by atoms with Crippen molar-refractivity contribution in [3.05, 3.63) is 24.3 Å². The van der Waals surface area contributed by atoms with Crippen molar-refractivity contribution in [3.8, 4) is 5.75 Å². The zero-order valence-corrected chi connectivity index (χ0v) is 8.53. The van der Waals surface area contributed by atoms with Crippen molar-refractivity contribution in [3.63, 3.8) is 0 Å². The summed E-state index contributed by atoms with van der Waals surface area (Å²) in [5, 5.41) is 3.52. The van der Waals surface area contributed by atoms with Crippen molar-refractivity contribution in [2.24, 2.45) is 0 Å². The third kappa shape index (κ3) is 1.93. The van der Waals surface area contributed by atoms with Gasteiger partial charge in [-0.3, -0.25) is 10.1 Å². The summed E-state index contributed by atoms with van der Waals surface area (Å²) in [7, 11) is 1.60. The fourth-order valence-electron chi connectivity index (χ4n) is 1.37. The number of amides is 1. The molecule has 2 rings (SSSR count). The predicted molar refractivity (Wildman–Crippen MR) is 57.1 cm³/mol. The fourth-order valence-corrected chi connectivity index (χ4v) is 1.37. The van der Waals surface area contributed by atoms with Crippen molar-refractivity contribution in [1.82, 2.24) is 0 Å². The lowest BCUT2D eigenvalue weighted by Gasteiger charge is -1.96. The van der Waals surface area contributed by atoms with Gasteiger partial charge in [0.15, 0.2) is 0 Å². The van der Waals surface area contributed by atoms with E-state index in [9.17, 15) is 4.79 Å². The number of rotatable bonds is 2. The van der Waals surface area contributed by atoms with Crippen LogP contribution < -0.4 is 10.1 Å². The van der Waals surface area contributed by atoms with Crippen LogP contribution in [0.2, 0.25) is 0 Å². The molecular weight excluding hydrogens is 194 g/mol. The van der Waals surface area contributed by atoms with E-state index >= 15 is 0 Å². The number of hydrogen-bond donors (Lipinski definition) is 1. The van der Waals surface area contributed by atoms with E-state index < -0.39 is 0 Å². The molecule has 0 aliphatic carbocycles. The molecule has 78 valence electrons. The van der Waals surface area contributed by atoms with Gasteiger partial charge in [0.05, 0.1) is 7.11 Å². The monoisotopic (exact) mass is 205 g/mol. The molecule has 0 bridgehead atoms. The number of furan rings is 1. The van der Waals surface area contributed by atoms with Crippen molar-refractivity contribution in [2.45, 2.75) is 6.92 Å². The summed E-state index contributed by atoms with van der Waals surface area (Å²) in [6, 6.07) is 7.27. The molecule has 15 heavy (non-hydrogen) atoms. The van der Waals surface area contributed by atoms with Crippen LogP contribution in [0.15, 0.2) is 28.7 Å². The van der Waals surface area contributed by atoms with Gasteiger partial charge in [-0.15, -0.1) is 0 Å². The van der Waals surface area contributed by atoms with Crippen molar-refractivity contribution < 1.29 is 13.9 Å². The highest BCUT2D eigenvalue weighted by Crippen LogP contribution is 2.26. The maximum Gasteiger partial charge on any atom is 0.223 e. The Balaban J connectivity index is 2.42. The van der Waals surface area contributed by atoms with Crippen LogP contribution in [0, 0.1) is 0 Å². The average molecular weight is 205 g/mol. The van der Waals surface area contributed by atoms with Crippen LogP contribution in [0.3, 0.4) is 0 Å². The average Bonchev–Trinajstić information content (AvgIpc) is 2.57. The second-order valence-electron chi connectivity index (χ2n) is 3.20. The first-order valence-corrected chi connectivity index (χ1v) is 4.54. The van der Waals surface area contributed by atoms with Gasteiger partial charge in [-0.2, -0.15) is 0 Å². The van der Waals surface area contributed by atoms with Gasteiger partial charge in [-0.25, -0.2) is 0 Å². The molecule has 4 heteroatoms. The topological polar surface area (TPSA) is 51.5 Å². The van der Waals surface area contributed by atoms with Crippen molar-refractivity contribution >= 4 is 22.8 Å². The summed E-state index contributed by atoms with van der Waals surface area (Å²) in [4.78, 5) is 10.8. The van der Waals surface area contributed by atoms with E-state index in [2.05, 4.69) is 5.32 Å². The molecule has 0 spiro atoms. The number of carbonyl (C=O) groups excluding carboxylic acids is 1. The number of methoxy groups -OCH3 is 1. The molecule has 0 aliphatic heterocycles. The van der Waals surface area contributed by atoms with Crippen LogP contribution in [-0.4, -0.2) is 13.0 Å². The zero-order chi connectivity index (χ0) is 10.8. The van der Waals surface area contributed by atoms with Gasteiger partial charge in [0.25, 0.3) is 0 Å². The molecule has 2 aromatic rings. The lowest BCUT2D eigenvalue weighted by molar-refractivity contribution is -0.114. The number of nitrogens with one attached hydrogen (secondary N) is 1. The minimum absolute atomic E-state index is 0.152. The quantitative estimate of drug-likeness (QED) is 0.819. The molecule has 1 N–H and O–H groups in total. The van der Waals surface area contributed by atoms with Crippen LogP contribution in [0.5, 0.6) is 5.75 Å². The summed E-state index contributed by atoms with van der Waals surface area (Å²) >= 11 is 0. The first kappa shape index (κ1) is 9.58. The minimum Gasteiger partial charge on any atom is -0.497 e. The summed E-state index contributed by atoms with van der Waals surface area (Å²) in [5.41, 5.74) is 0.693. The molecule has 0 aliphatic rings. The molecular formula is C11H11NO3. The number of fused-ring (bicyclic) bond motifs is 1. The number of anilines is 1. The standard InChI is InChI=1S/C11H11NO3/c1-7(13)12-11-5-8-3-4-9(14-2)6-10(8)15-11/h3-6H,1-2H3,(H,12,13). The third-order valence-electron chi connectivity index (χ3n) is 2.03. The van der Waals surface area contributed by atoms with Crippen LogP contribution in [0.1, 0.15) is 6.92 Å². The molecule has 0 radical (unpaired) electrons. The van der Waals surface area contributed by atoms with Gasteiger partial charge in [0.2, 0.25) is 11.8 Å². The molecule has 0 saturated heterocycles. The molecule has 0 saturated carbocycles. The lowest BCUT2D eigenvalue weighted by Crippen LogP contribution is -2.04. The number of hydrogen-bond acceptors (Lipinski definition) is 3. The van der Waals surface area contributed by atoms with Crippen LogP contribution in [0.25, 0.3) is 11.0 Å². The molecule has 1 amide bonds. The largest absolute Gasteiger partial charge is 0.497 e. The molecule has 1 aromatic heterocycles. The Morgan fingerprint density at radius 1 is 1.40 bits per heavy atom. The third-order valence-corrected chi connectivity index (χ3v) is 2.03. The first-order chi connectivity index (χ1) is 7.19. The minimum atomic E-state index is -0.152. The molecule has 1 aromatic carbocycles. The van der Waals surface area contributed by atoms with Crippen molar-refractivity contribution in [2.75, 3.05) is 12.4 Å². The highest BCUT2D eigenvalue weighted by molar-refractivity contribution is 5.91. The molecule has 0 atom stereocenters. The molecule has 0 unspecified atom stereocenters. The summed E-state index contributed by atoms with van der Waals surface area (Å²) in [6.07, 6.45) is 0. The lowest BCUT2D eigenvalue weighted by atomic mass is 10.2. The van der Waals surface area contributed by atoms with E-state index in [4.69, 9.17) is 9.15 Å². The summed E-state index contributed by atoms with van der Waals surface area (Å²) in [5.74, 6) is 1.03. The van der Waals surface area contributed by atoms with E-state index in [1.54, 1.807) is 19.2 Å². The van der Waals surface area contributed by atoms with Crippen LogP contribution in [-0.2, 0) is 4.79 Å². The Hall–Kier alpha value is -1.97. The van der Waals surface area contributed by atoms with E-state index in [1.807, 2.05) is 12.1 Å². The number of ether oxygens (including phenoxy) is 1. The highest BCUT2D eigenvalue weighted by atomic mass is 16.5. The zero-order valence-electron chi connectivity index (χ0n) is 8.53. The smallest absolute Gasteiger partial charge is 0.223 e. The van der Waals surface area contributed by atoms with Crippen LogP contribution >= 0.6 is 0 Å². The molecule has 4 nitrogen and oxygen atoms in total. The SMILES string of the molecule is COc1ccc2cc(NC(C)=O)oc2c1. The van der Waals surface area contributed by atoms with E-state index in [0.717, 1.165) is 11.1 Å². The van der Waals surface area contributed by atoms with Crippen LogP contribution in [0.4, 0.5) is 5.88 Å². The maximum atomic E-state index is 10.8. The van der Waals surface area contributed by atoms with Gasteiger partial charge in [0.1, 0.15) is 11.3 Å². The van der Waals surface area contributed by atoms with Gasteiger partial charge < -0.3 is 9.15 Å². The number of carbonyl (C=O) groups is 1. The Kier molecular flexibility index (Phi) is 2.33. The number of benzene rings is 1. The Morgan fingerprint density at radius 3 is 2.87 bits per heavy atom. The van der Waals surface area contributed by atoms with Gasteiger partial charge in [-0.05, 0) is 12.1 Å². The van der Waals surface area contributed by atoms with Gasteiger partial charge >= 0.3 is 0 Å². The Labute approximate surface area is 86.8 Å². The fraction of sp³-hybridized carbons (Fsp3) is 0.182. The van der Waals surface area contributed by atoms with E-state index in [0.29, 0.717) is 11.5 Å². The van der Waals surface area contributed by atoms with Gasteiger partial charge in [0, 0.05) is 24.4 Å². The summed E-state index contributed by atoms with van der Waals surface area (Å²) < 4.78 is 10.5. The maximum absolute atomic E-state index is 10.8. The summed E-state index contributed by atoms with van der Waals surface area (Å²) in [6.45, 7) is 1.44. The first-order valence-electron chi connectivity index (χ1n) is 4.54. The Morgan fingerprint density at radius 2 is 2.20 bits per heavy atom. The normalized spacial score (nSPS) is 10.3. The Bertz CT molecular complexity index is 502. The molecule has 1 heterocycles. The van der Waals surface area contributed by atoms with E-state index in [1.165, 1.54) is 6.92 Å². The van der Waals surface area contributed by atoms with E-state index in [-0.39, 0.29) is 5.91 Å². The predicted octanol–water partition coefficient (Wildman–Crippen LogP) is 2.40. The second-order valence-corrected chi connectivity index (χ2v) is 3.20. The van der Waals surface area contributed by atoms with Crippen molar-refractivity contribution in [1.29, 1.82) is 0 Å².